The summed E-state index contributed by atoms with van der Waals surface area (Å²) in [6.07, 6.45) is 0.205. The Morgan fingerprint density at radius 2 is 1.82 bits per heavy atom. The number of benzene rings is 2. The molecular formula is C23H28O5. The van der Waals surface area contributed by atoms with Crippen molar-refractivity contribution < 1.29 is 24.9 Å². The summed E-state index contributed by atoms with van der Waals surface area (Å²) in [5.41, 5.74) is 4.63. The molecule has 2 rings (SSSR count). The van der Waals surface area contributed by atoms with Gasteiger partial charge in [0.05, 0.1) is 12.7 Å². The first-order valence-corrected chi connectivity index (χ1v) is 9.52. The molecule has 3 N–H and O–H groups in total. The summed E-state index contributed by atoms with van der Waals surface area (Å²) in [7, 11) is 0. The summed E-state index contributed by atoms with van der Waals surface area (Å²) in [6, 6.07) is 10.7. The van der Waals surface area contributed by atoms with Gasteiger partial charge in [-0.3, -0.25) is 0 Å². The van der Waals surface area contributed by atoms with E-state index in [0.717, 1.165) is 16.5 Å². The lowest BCUT2D eigenvalue weighted by atomic mass is 9.96. The third-order valence-corrected chi connectivity index (χ3v) is 4.59. The highest BCUT2D eigenvalue weighted by Gasteiger charge is 2.19. The van der Waals surface area contributed by atoms with Crippen LogP contribution < -0.4 is 0 Å². The molecule has 0 aromatic heterocycles. The van der Waals surface area contributed by atoms with Gasteiger partial charge in [0.25, 0.3) is 0 Å². The molecule has 0 saturated heterocycles. The molecule has 0 aliphatic rings. The van der Waals surface area contributed by atoms with Crippen molar-refractivity contribution in [2.75, 3.05) is 6.61 Å². The van der Waals surface area contributed by atoms with Crippen LogP contribution in [0.3, 0.4) is 0 Å². The minimum atomic E-state index is -1.22. The van der Waals surface area contributed by atoms with Crippen molar-refractivity contribution in [3.63, 3.8) is 0 Å². The van der Waals surface area contributed by atoms with Crippen molar-refractivity contribution in [3.8, 4) is 5.75 Å². The standard InChI is InChI=1S/C23H28O5/c1-4-28-23(27)22(26)14-16(15(2)3)8-7-11-20(24)19-12-13-21(25)18-10-6-5-9-17(18)19/h5-7,9-10,12-13,15,20,22,24-26H,4,11,14H2,1-3H3/t8?,20-,22-/m1/s1. The Morgan fingerprint density at radius 1 is 1.14 bits per heavy atom. The Labute approximate surface area is 165 Å². The number of carbonyl (C=O) groups excluding carboxylic acids is 1. The lowest BCUT2D eigenvalue weighted by Gasteiger charge is -2.14. The highest BCUT2D eigenvalue weighted by molar-refractivity contribution is 5.91. The van der Waals surface area contributed by atoms with Crippen molar-refractivity contribution >= 4 is 16.7 Å². The largest absolute Gasteiger partial charge is 0.507 e. The van der Waals surface area contributed by atoms with Crippen molar-refractivity contribution in [1.29, 1.82) is 0 Å². The number of aliphatic hydroxyl groups is 2. The van der Waals surface area contributed by atoms with E-state index < -0.39 is 18.2 Å². The Kier molecular flexibility index (Phi) is 7.82. The fourth-order valence-corrected chi connectivity index (χ4v) is 3.02. The average molecular weight is 384 g/mol. The van der Waals surface area contributed by atoms with Gasteiger partial charge < -0.3 is 20.1 Å². The molecule has 0 unspecified atom stereocenters. The van der Waals surface area contributed by atoms with Gasteiger partial charge in [-0.1, -0.05) is 44.2 Å². The summed E-state index contributed by atoms with van der Waals surface area (Å²) in [5, 5.41) is 32.1. The quantitative estimate of drug-likeness (QED) is 0.473. The highest BCUT2D eigenvalue weighted by Crippen LogP contribution is 2.32. The van der Waals surface area contributed by atoms with Crippen LogP contribution in [0.15, 0.2) is 53.8 Å². The minimum Gasteiger partial charge on any atom is -0.507 e. The Morgan fingerprint density at radius 3 is 2.46 bits per heavy atom. The topological polar surface area (TPSA) is 87.0 Å². The van der Waals surface area contributed by atoms with Crippen molar-refractivity contribution in [2.45, 2.75) is 45.8 Å². The van der Waals surface area contributed by atoms with Gasteiger partial charge in [0.1, 0.15) is 5.75 Å². The number of carbonyl (C=O) groups is 1. The maximum Gasteiger partial charge on any atom is 0.335 e. The second kappa shape index (κ2) is 10.1. The summed E-state index contributed by atoms with van der Waals surface area (Å²) in [5.74, 6) is -0.373. The molecule has 2 atom stereocenters. The van der Waals surface area contributed by atoms with E-state index >= 15 is 0 Å². The van der Waals surface area contributed by atoms with E-state index in [9.17, 15) is 20.1 Å². The Bertz CT molecular complexity index is 878. The van der Waals surface area contributed by atoms with Crippen LogP contribution in [0.1, 0.15) is 45.3 Å². The monoisotopic (exact) mass is 384 g/mol. The lowest BCUT2D eigenvalue weighted by Crippen LogP contribution is -2.24. The lowest BCUT2D eigenvalue weighted by molar-refractivity contribution is -0.152. The van der Waals surface area contributed by atoms with E-state index in [1.165, 1.54) is 0 Å². The first kappa shape index (κ1) is 21.7. The number of ether oxygens (including phenoxy) is 1. The maximum absolute atomic E-state index is 11.6. The first-order valence-electron chi connectivity index (χ1n) is 9.52. The van der Waals surface area contributed by atoms with Crippen LogP contribution in [-0.4, -0.2) is 34.0 Å². The van der Waals surface area contributed by atoms with Gasteiger partial charge in [0, 0.05) is 18.2 Å². The van der Waals surface area contributed by atoms with Crippen LogP contribution >= 0.6 is 0 Å². The van der Waals surface area contributed by atoms with E-state index in [0.29, 0.717) is 11.8 Å². The molecule has 28 heavy (non-hydrogen) atoms. The van der Waals surface area contributed by atoms with Gasteiger partial charge in [-0.05, 0) is 41.5 Å². The summed E-state index contributed by atoms with van der Waals surface area (Å²) in [4.78, 5) is 11.6. The molecule has 0 spiro atoms. The third kappa shape index (κ3) is 5.46. The third-order valence-electron chi connectivity index (χ3n) is 4.59. The molecule has 0 aliphatic heterocycles. The van der Waals surface area contributed by atoms with Gasteiger partial charge in [-0.15, -0.1) is 5.73 Å². The molecule has 0 aliphatic carbocycles. The predicted molar refractivity (Wildman–Crippen MR) is 109 cm³/mol. The van der Waals surface area contributed by atoms with Crippen molar-refractivity contribution in [1.82, 2.24) is 0 Å². The zero-order valence-corrected chi connectivity index (χ0v) is 16.6. The number of aliphatic hydroxyl groups excluding tert-OH is 2. The van der Waals surface area contributed by atoms with Crippen molar-refractivity contribution in [3.05, 3.63) is 59.3 Å². The van der Waals surface area contributed by atoms with Gasteiger partial charge in [0.15, 0.2) is 6.10 Å². The maximum atomic E-state index is 11.6. The fraction of sp³-hybridized carbons (Fsp3) is 0.391. The van der Waals surface area contributed by atoms with Gasteiger partial charge in [-0.25, -0.2) is 4.79 Å². The van der Waals surface area contributed by atoms with Gasteiger partial charge >= 0.3 is 5.97 Å². The number of rotatable bonds is 8. The van der Waals surface area contributed by atoms with E-state index in [-0.39, 0.29) is 24.7 Å². The van der Waals surface area contributed by atoms with Gasteiger partial charge in [0.2, 0.25) is 0 Å². The smallest absolute Gasteiger partial charge is 0.335 e. The second-order valence-electron chi connectivity index (χ2n) is 6.97. The molecule has 150 valence electrons. The van der Waals surface area contributed by atoms with E-state index in [4.69, 9.17) is 4.74 Å². The number of esters is 1. The molecule has 5 nitrogen and oxygen atoms in total. The molecule has 0 amide bonds. The fourth-order valence-electron chi connectivity index (χ4n) is 3.02. The normalized spacial score (nSPS) is 13.1. The number of phenols is 1. The zero-order chi connectivity index (χ0) is 20.7. The molecule has 5 heteroatoms. The summed E-state index contributed by atoms with van der Waals surface area (Å²) in [6.45, 7) is 5.83. The molecule has 0 fully saturated rings. The Hall–Kier alpha value is -2.59. The first-order chi connectivity index (χ1) is 13.3. The van der Waals surface area contributed by atoms with Crippen LogP contribution in [-0.2, 0) is 9.53 Å². The number of aromatic hydroxyl groups is 1. The number of hydrogen-bond donors (Lipinski definition) is 3. The molecule has 2 aromatic carbocycles. The van der Waals surface area contributed by atoms with Crippen LogP contribution in [0.5, 0.6) is 5.75 Å². The second-order valence-corrected chi connectivity index (χ2v) is 6.97. The average Bonchev–Trinajstić information content (AvgIpc) is 2.67. The van der Waals surface area contributed by atoms with Crippen LogP contribution in [0.2, 0.25) is 0 Å². The molecule has 0 saturated carbocycles. The molecule has 0 radical (unpaired) electrons. The molecule has 0 bridgehead atoms. The minimum absolute atomic E-state index is 0.0898. The van der Waals surface area contributed by atoms with Crippen LogP contribution in [0.4, 0.5) is 0 Å². The summed E-state index contributed by atoms with van der Waals surface area (Å²) >= 11 is 0. The van der Waals surface area contributed by atoms with Crippen molar-refractivity contribution in [2.24, 2.45) is 5.92 Å². The van der Waals surface area contributed by atoms with Crippen LogP contribution in [0.25, 0.3) is 10.8 Å². The number of fused-ring (bicyclic) bond motifs is 1. The summed E-state index contributed by atoms with van der Waals surface area (Å²) < 4.78 is 4.83. The van der Waals surface area contributed by atoms with Crippen LogP contribution in [0, 0.1) is 5.92 Å². The molecular weight excluding hydrogens is 356 g/mol. The predicted octanol–water partition coefficient (Wildman–Crippen LogP) is 4.02. The van der Waals surface area contributed by atoms with E-state index in [2.05, 4.69) is 5.73 Å². The van der Waals surface area contributed by atoms with Gasteiger partial charge in [-0.2, -0.15) is 0 Å². The zero-order valence-electron chi connectivity index (χ0n) is 16.6. The molecule has 0 heterocycles. The Balaban J connectivity index is 2.18. The highest BCUT2D eigenvalue weighted by atomic mass is 16.5. The molecule has 2 aromatic rings. The SMILES string of the molecule is CCOC(=O)[C@H](O)CC(=C=CC[C@@H](O)c1ccc(O)c2ccccc12)C(C)C. The number of hydrogen-bond acceptors (Lipinski definition) is 5. The van der Waals surface area contributed by atoms with E-state index in [1.54, 1.807) is 25.1 Å². The number of phenolic OH excluding ortho intramolecular Hbond substituents is 1. The van der Waals surface area contributed by atoms with E-state index in [1.807, 2.05) is 38.1 Å².